The molecule has 0 aliphatic carbocycles. The van der Waals surface area contributed by atoms with Gasteiger partial charge in [0.1, 0.15) is 0 Å². The molecule has 1 heterocycles. The average molecular weight is 396 g/mol. The van der Waals surface area contributed by atoms with Crippen molar-refractivity contribution in [3.63, 3.8) is 0 Å². The molecule has 1 amide bonds. The van der Waals surface area contributed by atoms with E-state index in [4.69, 9.17) is 9.47 Å². The van der Waals surface area contributed by atoms with E-state index in [0.29, 0.717) is 18.9 Å². The van der Waals surface area contributed by atoms with Gasteiger partial charge in [-0.15, -0.1) is 0 Å². The Labute approximate surface area is 174 Å². The zero-order chi connectivity index (χ0) is 21.0. The van der Waals surface area contributed by atoms with Crippen LogP contribution in [0.15, 0.2) is 48.5 Å². The minimum absolute atomic E-state index is 0.00374. The maximum atomic E-state index is 13.4. The van der Waals surface area contributed by atoms with Crippen LogP contribution in [-0.4, -0.2) is 17.6 Å². The zero-order valence-corrected chi connectivity index (χ0v) is 18.3. The van der Waals surface area contributed by atoms with Crippen LogP contribution in [0, 0.1) is 11.3 Å². The SMILES string of the molecule is CC(CC(=O)N(Cc1ccc2c(c1)OCO2)C(C)c1ccccc1)CC(C)(C)C. The summed E-state index contributed by atoms with van der Waals surface area (Å²) in [5.41, 5.74) is 2.41. The first-order chi connectivity index (χ1) is 13.7. The second kappa shape index (κ2) is 8.89. The Balaban J connectivity index is 1.80. The van der Waals surface area contributed by atoms with E-state index >= 15 is 0 Å². The highest BCUT2D eigenvalue weighted by Crippen LogP contribution is 2.34. The van der Waals surface area contributed by atoms with Crippen LogP contribution in [0.3, 0.4) is 0 Å². The van der Waals surface area contributed by atoms with Gasteiger partial charge in [0.15, 0.2) is 11.5 Å². The van der Waals surface area contributed by atoms with Crippen LogP contribution in [0.25, 0.3) is 0 Å². The van der Waals surface area contributed by atoms with Gasteiger partial charge in [-0.25, -0.2) is 0 Å². The number of ether oxygens (including phenoxy) is 2. The number of rotatable bonds is 7. The molecule has 156 valence electrons. The van der Waals surface area contributed by atoms with Gasteiger partial charge >= 0.3 is 0 Å². The molecule has 29 heavy (non-hydrogen) atoms. The van der Waals surface area contributed by atoms with Gasteiger partial charge < -0.3 is 14.4 Å². The molecular formula is C25H33NO3. The Hall–Kier alpha value is -2.49. The van der Waals surface area contributed by atoms with Crippen molar-refractivity contribution < 1.29 is 14.3 Å². The number of hydrogen-bond acceptors (Lipinski definition) is 3. The number of carbonyl (C=O) groups excluding carboxylic acids is 1. The molecule has 0 saturated carbocycles. The van der Waals surface area contributed by atoms with Gasteiger partial charge in [-0.2, -0.15) is 0 Å². The number of hydrogen-bond donors (Lipinski definition) is 0. The number of fused-ring (bicyclic) bond motifs is 1. The highest BCUT2D eigenvalue weighted by molar-refractivity contribution is 5.77. The third-order valence-electron chi connectivity index (χ3n) is 5.34. The van der Waals surface area contributed by atoms with Crippen molar-refractivity contribution in [2.75, 3.05) is 6.79 Å². The summed E-state index contributed by atoms with van der Waals surface area (Å²) in [6.45, 7) is 11.8. The molecule has 2 aromatic rings. The van der Waals surface area contributed by atoms with Gasteiger partial charge in [0.2, 0.25) is 12.7 Å². The summed E-state index contributed by atoms with van der Waals surface area (Å²) in [5.74, 6) is 2.05. The fraction of sp³-hybridized carbons (Fsp3) is 0.480. The molecule has 1 aliphatic heterocycles. The van der Waals surface area contributed by atoms with E-state index < -0.39 is 0 Å². The molecule has 0 N–H and O–H groups in total. The maximum Gasteiger partial charge on any atom is 0.231 e. The Bertz CT molecular complexity index is 826. The number of carbonyl (C=O) groups is 1. The van der Waals surface area contributed by atoms with Crippen molar-refractivity contribution in [1.29, 1.82) is 0 Å². The first kappa shape index (κ1) is 21.2. The van der Waals surface area contributed by atoms with Gasteiger partial charge in [-0.05, 0) is 47.9 Å². The lowest BCUT2D eigenvalue weighted by Gasteiger charge is -2.32. The summed E-state index contributed by atoms with van der Waals surface area (Å²) in [5, 5.41) is 0. The lowest BCUT2D eigenvalue weighted by Crippen LogP contribution is -2.34. The van der Waals surface area contributed by atoms with Crippen molar-refractivity contribution in [1.82, 2.24) is 4.90 Å². The zero-order valence-electron chi connectivity index (χ0n) is 18.3. The molecule has 4 heteroatoms. The summed E-state index contributed by atoms with van der Waals surface area (Å²) < 4.78 is 10.9. The van der Waals surface area contributed by atoms with E-state index in [-0.39, 0.29) is 24.2 Å². The van der Waals surface area contributed by atoms with Crippen molar-refractivity contribution in [2.24, 2.45) is 11.3 Å². The molecule has 0 spiro atoms. The molecule has 0 bridgehead atoms. The monoisotopic (exact) mass is 395 g/mol. The van der Waals surface area contributed by atoms with Crippen LogP contribution >= 0.6 is 0 Å². The van der Waals surface area contributed by atoms with Gasteiger partial charge in [0.25, 0.3) is 0 Å². The van der Waals surface area contributed by atoms with Crippen molar-refractivity contribution in [2.45, 2.75) is 60.0 Å². The molecule has 2 aromatic carbocycles. The summed E-state index contributed by atoms with van der Waals surface area (Å²) in [7, 11) is 0. The Morgan fingerprint density at radius 2 is 1.72 bits per heavy atom. The fourth-order valence-electron chi connectivity index (χ4n) is 4.12. The predicted molar refractivity (Wildman–Crippen MR) is 116 cm³/mol. The van der Waals surface area contributed by atoms with E-state index in [1.807, 2.05) is 41.3 Å². The quantitative estimate of drug-likeness (QED) is 0.580. The van der Waals surface area contributed by atoms with Gasteiger partial charge in [0.05, 0.1) is 6.04 Å². The fourth-order valence-corrected chi connectivity index (χ4v) is 4.12. The topological polar surface area (TPSA) is 38.8 Å². The highest BCUT2D eigenvalue weighted by atomic mass is 16.7. The van der Waals surface area contributed by atoms with Crippen molar-refractivity contribution in [3.05, 3.63) is 59.7 Å². The van der Waals surface area contributed by atoms with E-state index in [0.717, 1.165) is 29.0 Å². The average Bonchev–Trinajstić information content (AvgIpc) is 3.12. The minimum Gasteiger partial charge on any atom is -0.454 e. The smallest absolute Gasteiger partial charge is 0.231 e. The molecule has 3 rings (SSSR count). The summed E-state index contributed by atoms with van der Waals surface area (Å²) in [6.07, 6.45) is 1.58. The molecule has 2 atom stereocenters. The lowest BCUT2D eigenvalue weighted by molar-refractivity contribution is -0.135. The van der Waals surface area contributed by atoms with Gasteiger partial charge in [-0.3, -0.25) is 4.79 Å². The maximum absolute atomic E-state index is 13.4. The molecular weight excluding hydrogens is 362 g/mol. The van der Waals surface area contributed by atoms with E-state index in [2.05, 4.69) is 46.8 Å². The second-order valence-electron chi connectivity index (χ2n) is 9.37. The van der Waals surface area contributed by atoms with Crippen LogP contribution in [0.1, 0.15) is 64.6 Å². The normalized spacial score (nSPS) is 15.1. The first-order valence-corrected chi connectivity index (χ1v) is 10.5. The van der Waals surface area contributed by atoms with Crippen molar-refractivity contribution >= 4 is 5.91 Å². The minimum atomic E-state index is -0.00374. The molecule has 0 saturated heterocycles. The first-order valence-electron chi connectivity index (χ1n) is 10.5. The Kier molecular flexibility index (Phi) is 6.51. The third-order valence-corrected chi connectivity index (χ3v) is 5.34. The van der Waals surface area contributed by atoms with Gasteiger partial charge in [0, 0.05) is 13.0 Å². The van der Waals surface area contributed by atoms with Crippen LogP contribution < -0.4 is 9.47 Å². The van der Waals surface area contributed by atoms with Crippen LogP contribution in [0.4, 0.5) is 0 Å². The summed E-state index contributed by atoms with van der Waals surface area (Å²) in [6, 6.07) is 16.2. The predicted octanol–water partition coefficient (Wildman–Crippen LogP) is 5.97. The van der Waals surface area contributed by atoms with Crippen LogP contribution in [0.5, 0.6) is 11.5 Å². The van der Waals surface area contributed by atoms with Gasteiger partial charge in [-0.1, -0.05) is 64.1 Å². The highest BCUT2D eigenvalue weighted by Gasteiger charge is 2.26. The van der Waals surface area contributed by atoms with Crippen molar-refractivity contribution in [3.8, 4) is 11.5 Å². The molecule has 1 aliphatic rings. The number of nitrogens with zero attached hydrogens (tertiary/aromatic N) is 1. The largest absolute Gasteiger partial charge is 0.454 e. The Morgan fingerprint density at radius 1 is 1.03 bits per heavy atom. The standard InChI is InChI=1S/C25H33NO3/c1-18(15-25(3,4)5)13-24(27)26(19(2)21-9-7-6-8-10-21)16-20-11-12-22-23(14-20)29-17-28-22/h6-12,14,18-19H,13,15-17H2,1-5H3. The molecule has 0 radical (unpaired) electrons. The number of benzene rings is 2. The number of amides is 1. The van der Waals surface area contributed by atoms with E-state index in [1.54, 1.807) is 0 Å². The van der Waals surface area contributed by atoms with Crippen LogP contribution in [0.2, 0.25) is 0 Å². The van der Waals surface area contributed by atoms with Crippen LogP contribution in [-0.2, 0) is 11.3 Å². The Morgan fingerprint density at radius 3 is 2.41 bits per heavy atom. The summed E-state index contributed by atoms with van der Waals surface area (Å²) in [4.78, 5) is 15.4. The summed E-state index contributed by atoms with van der Waals surface area (Å²) >= 11 is 0. The van der Waals surface area contributed by atoms with E-state index in [9.17, 15) is 4.79 Å². The molecule has 0 aromatic heterocycles. The molecule has 2 unspecified atom stereocenters. The molecule has 0 fully saturated rings. The second-order valence-corrected chi connectivity index (χ2v) is 9.37. The van der Waals surface area contributed by atoms with E-state index in [1.165, 1.54) is 0 Å². The lowest BCUT2D eigenvalue weighted by atomic mass is 9.84. The third kappa shape index (κ3) is 5.75. The molecule has 4 nitrogen and oxygen atoms in total.